The van der Waals surface area contributed by atoms with Crippen LogP contribution in [0.2, 0.25) is 0 Å². The SMILES string of the molecule is COc1ccc(CCC(CC(=O)OOC(C)C)C(=O)NCc2ccccc2)cc1. The average molecular weight is 399 g/mol. The van der Waals surface area contributed by atoms with Gasteiger partial charge < -0.3 is 10.1 Å². The zero-order chi connectivity index (χ0) is 21.1. The van der Waals surface area contributed by atoms with Crippen molar-refractivity contribution in [3.05, 3.63) is 65.7 Å². The van der Waals surface area contributed by atoms with E-state index in [4.69, 9.17) is 14.5 Å². The highest BCUT2D eigenvalue weighted by molar-refractivity contribution is 5.83. The second kappa shape index (κ2) is 11.9. The third-order valence-electron chi connectivity index (χ3n) is 4.37. The van der Waals surface area contributed by atoms with Crippen LogP contribution in [0.5, 0.6) is 5.75 Å². The number of aryl methyl sites for hydroxylation is 1. The van der Waals surface area contributed by atoms with Gasteiger partial charge in [0, 0.05) is 12.5 Å². The van der Waals surface area contributed by atoms with Gasteiger partial charge in [0.05, 0.1) is 19.6 Å². The molecule has 1 unspecified atom stereocenters. The highest BCUT2D eigenvalue weighted by Gasteiger charge is 2.23. The maximum absolute atomic E-state index is 12.7. The Labute approximate surface area is 172 Å². The molecular weight excluding hydrogens is 370 g/mol. The van der Waals surface area contributed by atoms with Crippen molar-refractivity contribution in [1.29, 1.82) is 0 Å². The van der Waals surface area contributed by atoms with E-state index >= 15 is 0 Å². The van der Waals surface area contributed by atoms with Gasteiger partial charge in [0.15, 0.2) is 0 Å². The Morgan fingerprint density at radius 1 is 0.966 bits per heavy atom. The summed E-state index contributed by atoms with van der Waals surface area (Å²) in [5.41, 5.74) is 2.07. The fourth-order valence-corrected chi connectivity index (χ4v) is 2.77. The third-order valence-corrected chi connectivity index (χ3v) is 4.37. The van der Waals surface area contributed by atoms with Crippen molar-refractivity contribution in [2.45, 2.75) is 45.8 Å². The van der Waals surface area contributed by atoms with Crippen molar-refractivity contribution < 1.29 is 24.1 Å². The lowest BCUT2D eigenvalue weighted by Gasteiger charge is -2.16. The maximum Gasteiger partial charge on any atom is 0.343 e. The summed E-state index contributed by atoms with van der Waals surface area (Å²) >= 11 is 0. The minimum Gasteiger partial charge on any atom is -0.497 e. The predicted octanol–water partition coefficient (Wildman–Crippen LogP) is 3.83. The van der Waals surface area contributed by atoms with Crippen LogP contribution in [0.15, 0.2) is 54.6 Å². The van der Waals surface area contributed by atoms with Gasteiger partial charge in [-0.15, -0.1) is 0 Å². The average Bonchev–Trinajstić information content (AvgIpc) is 2.74. The van der Waals surface area contributed by atoms with E-state index in [-0.39, 0.29) is 18.4 Å². The lowest BCUT2D eigenvalue weighted by molar-refractivity contribution is -0.291. The molecule has 0 aliphatic rings. The van der Waals surface area contributed by atoms with E-state index < -0.39 is 11.9 Å². The Hall–Kier alpha value is -2.86. The molecule has 0 aromatic heterocycles. The molecule has 0 bridgehead atoms. The van der Waals surface area contributed by atoms with Gasteiger partial charge >= 0.3 is 5.97 Å². The molecule has 1 atom stereocenters. The molecule has 0 heterocycles. The number of amides is 1. The first kappa shape index (κ1) is 22.4. The van der Waals surface area contributed by atoms with Gasteiger partial charge in [-0.25, -0.2) is 4.79 Å². The molecular formula is C23H29NO5. The van der Waals surface area contributed by atoms with Crippen LogP contribution in [0.3, 0.4) is 0 Å². The number of hydrogen-bond acceptors (Lipinski definition) is 5. The van der Waals surface area contributed by atoms with Crippen LogP contribution in [0, 0.1) is 5.92 Å². The van der Waals surface area contributed by atoms with Crippen LogP contribution in [-0.4, -0.2) is 25.1 Å². The molecule has 0 saturated carbocycles. The summed E-state index contributed by atoms with van der Waals surface area (Å²) in [5, 5.41) is 2.92. The predicted molar refractivity (Wildman–Crippen MR) is 110 cm³/mol. The van der Waals surface area contributed by atoms with Gasteiger partial charge in [-0.05, 0) is 49.9 Å². The van der Waals surface area contributed by atoms with Gasteiger partial charge in [0.2, 0.25) is 5.91 Å². The number of hydrogen-bond donors (Lipinski definition) is 1. The molecule has 2 rings (SSSR count). The number of rotatable bonds is 11. The highest BCUT2D eigenvalue weighted by Crippen LogP contribution is 2.18. The van der Waals surface area contributed by atoms with E-state index in [0.29, 0.717) is 19.4 Å². The fourth-order valence-electron chi connectivity index (χ4n) is 2.77. The zero-order valence-corrected chi connectivity index (χ0v) is 17.2. The van der Waals surface area contributed by atoms with Crippen LogP contribution < -0.4 is 10.1 Å². The molecule has 0 fully saturated rings. The third kappa shape index (κ3) is 8.35. The zero-order valence-electron chi connectivity index (χ0n) is 17.2. The smallest absolute Gasteiger partial charge is 0.343 e. The largest absolute Gasteiger partial charge is 0.497 e. The molecule has 0 spiro atoms. The van der Waals surface area contributed by atoms with Crippen LogP contribution in [-0.2, 0) is 32.3 Å². The Bertz CT molecular complexity index is 759. The number of carbonyl (C=O) groups is 2. The lowest BCUT2D eigenvalue weighted by atomic mass is 9.95. The number of benzene rings is 2. The molecule has 0 aliphatic carbocycles. The van der Waals surface area contributed by atoms with Crippen molar-refractivity contribution in [1.82, 2.24) is 5.32 Å². The highest BCUT2D eigenvalue weighted by atomic mass is 17.2. The molecule has 156 valence electrons. The second-order valence-corrected chi connectivity index (χ2v) is 7.09. The van der Waals surface area contributed by atoms with Gasteiger partial charge in [-0.1, -0.05) is 42.5 Å². The summed E-state index contributed by atoms with van der Waals surface area (Å²) in [6.07, 6.45) is 0.905. The first-order valence-corrected chi connectivity index (χ1v) is 9.78. The minimum absolute atomic E-state index is 0.0382. The van der Waals surface area contributed by atoms with Crippen LogP contribution in [0.4, 0.5) is 0 Å². The Morgan fingerprint density at radius 3 is 2.28 bits per heavy atom. The second-order valence-electron chi connectivity index (χ2n) is 7.09. The molecule has 1 N–H and O–H groups in total. The molecule has 29 heavy (non-hydrogen) atoms. The molecule has 0 aliphatic heterocycles. The van der Waals surface area contributed by atoms with E-state index in [0.717, 1.165) is 16.9 Å². The monoisotopic (exact) mass is 399 g/mol. The van der Waals surface area contributed by atoms with E-state index in [2.05, 4.69) is 5.32 Å². The van der Waals surface area contributed by atoms with Gasteiger partial charge in [-0.3, -0.25) is 9.68 Å². The van der Waals surface area contributed by atoms with Gasteiger partial charge in [0.25, 0.3) is 0 Å². The van der Waals surface area contributed by atoms with Crippen molar-refractivity contribution >= 4 is 11.9 Å². The maximum atomic E-state index is 12.7. The van der Waals surface area contributed by atoms with Crippen LogP contribution in [0.25, 0.3) is 0 Å². The molecule has 1 amide bonds. The normalized spacial score (nSPS) is 11.7. The minimum atomic E-state index is -0.548. The summed E-state index contributed by atoms with van der Waals surface area (Å²) in [6, 6.07) is 17.3. The summed E-state index contributed by atoms with van der Waals surface area (Å²) in [4.78, 5) is 34.5. The molecule has 0 radical (unpaired) electrons. The summed E-state index contributed by atoms with van der Waals surface area (Å²) in [5.74, 6) is -0.457. The van der Waals surface area contributed by atoms with Crippen molar-refractivity contribution in [2.24, 2.45) is 5.92 Å². The number of nitrogens with one attached hydrogen (secondary N) is 1. The fraction of sp³-hybridized carbons (Fsp3) is 0.391. The summed E-state index contributed by atoms with van der Waals surface area (Å²) in [7, 11) is 1.62. The van der Waals surface area contributed by atoms with Gasteiger partial charge in [-0.2, -0.15) is 4.89 Å². The van der Waals surface area contributed by atoms with E-state index in [9.17, 15) is 9.59 Å². The van der Waals surface area contributed by atoms with E-state index in [1.54, 1.807) is 21.0 Å². The summed E-state index contributed by atoms with van der Waals surface area (Å²) < 4.78 is 5.17. The number of ether oxygens (including phenoxy) is 1. The van der Waals surface area contributed by atoms with E-state index in [1.807, 2.05) is 54.6 Å². The van der Waals surface area contributed by atoms with Crippen LogP contribution in [0.1, 0.15) is 37.8 Å². The van der Waals surface area contributed by atoms with Crippen molar-refractivity contribution in [3.63, 3.8) is 0 Å². The quantitative estimate of drug-likeness (QED) is 0.459. The summed E-state index contributed by atoms with van der Waals surface area (Å²) in [6.45, 7) is 3.94. The van der Waals surface area contributed by atoms with E-state index in [1.165, 1.54) is 0 Å². The van der Waals surface area contributed by atoms with Gasteiger partial charge in [0.1, 0.15) is 5.75 Å². The standard InChI is InChI=1S/C23H29NO5/c1-17(2)28-29-22(25)15-20(12-9-18-10-13-21(27-3)14-11-18)23(26)24-16-19-7-5-4-6-8-19/h4-8,10-11,13-14,17,20H,9,12,15-16H2,1-3H3,(H,24,26). The molecule has 6 heteroatoms. The first-order chi connectivity index (χ1) is 14.0. The molecule has 2 aromatic carbocycles. The number of carbonyl (C=O) groups excluding carboxylic acids is 2. The lowest BCUT2D eigenvalue weighted by Crippen LogP contribution is -2.32. The molecule has 2 aromatic rings. The Morgan fingerprint density at radius 2 is 1.66 bits per heavy atom. The number of methoxy groups -OCH3 is 1. The van der Waals surface area contributed by atoms with Crippen LogP contribution >= 0.6 is 0 Å². The van der Waals surface area contributed by atoms with Crippen molar-refractivity contribution in [3.8, 4) is 5.75 Å². The molecule has 6 nitrogen and oxygen atoms in total. The Kier molecular flexibility index (Phi) is 9.18. The first-order valence-electron chi connectivity index (χ1n) is 9.78. The Balaban J connectivity index is 1.96. The molecule has 0 saturated heterocycles. The topological polar surface area (TPSA) is 73.9 Å². The van der Waals surface area contributed by atoms with Crippen molar-refractivity contribution in [2.75, 3.05) is 7.11 Å².